The number of ether oxygens (including phenoxy) is 1. The zero-order valence-electron chi connectivity index (χ0n) is 18.4. The number of nitrogens with zero attached hydrogens (tertiary/aromatic N) is 1. The summed E-state index contributed by atoms with van der Waals surface area (Å²) < 4.78 is 25.2. The molecule has 0 spiro atoms. The lowest BCUT2D eigenvalue weighted by atomic mass is 9.93. The summed E-state index contributed by atoms with van der Waals surface area (Å²) >= 11 is 6.05. The van der Waals surface area contributed by atoms with Gasteiger partial charge in [0, 0.05) is 11.2 Å². The molecular formula is C22H29ClNO6P. The van der Waals surface area contributed by atoms with Crippen LogP contribution < -0.4 is 0 Å². The van der Waals surface area contributed by atoms with Crippen LogP contribution in [0.2, 0.25) is 5.02 Å². The van der Waals surface area contributed by atoms with E-state index in [0.29, 0.717) is 30.7 Å². The van der Waals surface area contributed by atoms with Gasteiger partial charge in [-0.15, -0.1) is 0 Å². The zero-order valence-corrected chi connectivity index (χ0v) is 20.1. The summed E-state index contributed by atoms with van der Waals surface area (Å²) in [6.45, 7) is 6.35. The van der Waals surface area contributed by atoms with Gasteiger partial charge in [-0.3, -0.25) is 28.4 Å². The average molecular weight is 470 g/mol. The van der Waals surface area contributed by atoms with Gasteiger partial charge in [-0.1, -0.05) is 37.8 Å². The lowest BCUT2D eigenvalue weighted by molar-refractivity contribution is -0.159. The maximum Gasteiger partial charge on any atom is 0.313 e. The van der Waals surface area contributed by atoms with Crippen LogP contribution in [0.5, 0.6) is 0 Å². The number of esters is 1. The van der Waals surface area contributed by atoms with Gasteiger partial charge in [-0.05, 0) is 51.8 Å². The second-order valence-electron chi connectivity index (χ2n) is 9.10. The summed E-state index contributed by atoms with van der Waals surface area (Å²) in [6.07, 6.45) is 3.20. The van der Waals surface area contributed by atoms with Crippen molar-refractivity contribution in [2.45, 2.75) is 65.1 Å². The maximum absolute atomic E-state index is 14.2. The van der Waals surface area contributed by atoms with Gasteiger partial charge in [-0.25, -0.2) is 0 Å². The molecule has 2 amide bonds. The average Bonchev–Trinajstić information content (AvgIpc) is 2.97. The Bertz CT molecular complexity index is 948. The molecule has 0 N–H and O–H groups in total. The highest BCUT2D eigenvalue weighted by Gasteiger charge is 2.59. The first-order chi connectivity index (χ1) is 14.5. The van der Waals surface area contributed by atoms with E-state index in [1.807, 2.05) is 0 Å². The number of amides is 2. The van der Waals surface area contributed by atoms with E-state index in [4.69, 9.17) is 20.9 Å². The minimum atomic E-state index is -3.61. The van der Waals surface area contributed by atoms with Gasteiger partial charge in [0.05, 0.1) is 16.5 Å². The fourth-order valence-electron chi connectivity index (χ4n) is 4.31. The third kappa shape index (κ3) is 4.20. The molecule has 3 rings (SSSR count). The number of fused-ring (bicyclic) bond motifs is 1. The van der Waals surface area contributed by atoms with E-state index in [2.05, 4.69) is 0 Å². The van der Waals surface area contributed by atoms with Crippen molar-refractivity contribution in [3.8, 4) is 0 Å². The van der Waals surface area contributed by atoms with Gasteiger partial charge in [-0.2, -0.15) is 0 Å². The molecule has 0 aromatic heterocycles. The van der Waals surface area contributed by atoms with E-state index in [1.54, 1.807) is 33.8 Å². The van der Waals surface area contributed by atoms with E-state index in [-0.39, 0.29) is 17.3 Å². The Kier molecular flexibility index (Phi) is 6.71. The molecule has 7 nitrogen and oxygen atoms in total. The molecule has 1 aromatic carbocycles. The van der Waals surface area contributed by atoms with Crippen LogP contribution in [-0.4, -0.2) is 40.9 Å². The molecular weight excluding hydrogens is 441 g/mol. The van der Waals surface area contributed by atoms with Crippen molar-refractivity contribution in [1.82, 2.24) is 4.90 Å². The Balaban J connectivity index is 1.96. The highest BCUT2D eigenvalue weighted by atomic mass is 35.5. The second-order valence-corrected chi connectivity index (χ2v) is 12.6. The third-order valence-electron chi connectivity index (χ3n) is 6.03. The Hall–Kier alpha value is -1.69. The summed E-state index contributed by atoms with van der Waals surface area (Å²) in [4.78, 5) is 39.9. The van der Waals surface area contributed by atoms with E-state index in [9.17, 15) is 18.9 Å². The highest BCUT2D eigenvalue weighted by Crippen LogP contribution is 2.66. The van der Waals surface area contributed by atoms with Crippen molar-refractivity contribution >= 4 is 36.8 Å². The predicted octanol–water partition coefficient (Wildman–Crippen LogP) is 5.46. The minimum absolute atomic E-state index is 0.105. The molecule has 0 radical (unpaired) electrons. The quantitative estimate of drug-likeness (QED) is 0.238. The number of hydrogen-bond acceptors (Lipinski definition) is 6. The number of hydrogen-bond donors (Lipinski definition) is 0. The van der Waals surface area contributed by atoms with Gasteiger partial charge >= 0.3 is 5.97 Å². The van der Waals surface area contributed by atoms with Crippen LogP contribution in [0.25, 0.3) is 0 Å². The Labute approximate surface area is 187 Å². The van der Waals surface area contributed by atoms with Crippen LogP contribution >= 0.6 is 19.0 Å². The molecule has 170 valence electrons. The first-order valence-electron chi connectivity index (χ1n) is 10.6. The van der Waals surface area contributed by atoms with Crippen molar-refractivity contribution < 1.29 is 28.2 Å². The first kappa shape index (κ1) is 24.0. The number of benzene rings is 1. The van der Waals surface area contributed by atoms with E-state index in [1.165, 1.54) is 12.1 Å². The number of halogens is 1. The van der Waals surface area contributed by atoms with E-state index in [0.717, 1.165) is 11.3 Å². The van der Waals surface area contributed by atoms with Gasteiger partial charge in [0.1, 0.15) is 5.28 Å². The molecule has 31 heavy (non-hydrogen) atoms. The van der Waals surface area contributed by atoms with Crippen molar-refractivity contribution in [2.75, 3.05) is 13.0 Å². The molecule has 1 aliphatic heterocycles. The molecule has 9 heteroatoms. The molecule has 1 unspecified atom stereocenters. The lowest BCUT2D eigenvalue weighted by Crippen LogP contribution is -2.53. The van der Waals surface area contributed by atoms with Crippen molar-refractivity contribution in [1.29, 1.82) is 0 Å². The molecule has 0 bridgehead atoms. The van der Waals surface area contributed by atoms with E-state index >= 15 is 0 Å². The lowest BCUT2D eigenvalue weighted by Gasteiger charge is -2.47. The van der Waals surface area contributed by atoms with Crippen LogP contribution in [0.15, 0.2) is 18.2 Å². The topological polar surface area (TPSA) is 90.0 Å². The van der Waals surface area contributed by atoms with Crippen LogP contribution in [0.1, 0.15) is 80.5 Å². The normalized spacial score (nSPS) is 20.4. The number of carbonyl (C=O) groups is 3. The fraction of sp³-hybridized carbons (Fsp3) is 0.591. The fourth-order valence-corrected chi connectivity index (χ4v) is 7.20. The van der Waals surface area contributed by atoms with Crippen LogP contribution in [-0.2, 0) is 18.6 Å². The standard InChI is InChI=1S/C22H29ClNO6P/c1-5-31(28,30-14-29-20(27)21(2,3)4)22(11-7-6-8-12-22)24-18(25)16-10-9-15(23)13-17(16)19(24)26/h9-10,13H,5-8,11-12,14H2,1-4H3. The Morgan fingerprint density at radius 1 is 1.13 bits per heavy atom. The third-order valence-corrected chi connectivity index (χ3v) is 9.54. The smallest absolute Gasteiger partial charge is 0.313 e. The SMILES string of the molecule is CCP(=O)(OCOC(=O)C(C)(C)C)C1(N2C(=O)c3ccc(Cl)cc3C2=O)CCCCC1. The van der Waals surface area contributed by atoms with Crippen LogP contribution in [0, 0.1) is 5.41 Å². The summed E-state index contributed by atoms with van der Waals surface area (Å²) in [5.41, 5.74) is -0.269. The van der Waals surface area contributed by atoms with Crippen LogP contribution in [0.4, 0.5) is 0 Å². The highest BCUT2D eigenvalue weighted by molar-refractivity contribution is 7.60. The second kappa shape index (κ2) is 8.68. The van der Waals surface area contributed by atoms with Crippen LogP contribution in [0.3, 0.4) is 0 Å². The molecule has 1 atom stereocenters. The Morgan fingerprint density at radius 3 is 2.32 bits per heavy atom. The molecule has 1 saturated carbocycles. The Morgan fingerprint density at radius 2 is 1.74 bits per heavy atom. The largest absolute Gasteiger partial charge is 0.438 e. The molecule has 1 aromatic rings. The molecule has 0 saturated heterocycles. The van der Waals surface area contributed by atoms with Gasteiger partial charge in [0.25, 0.3) is 11.8 Å². The predicted molar refractivity (Wildman–Crippen MR) is 117 cm³/mol. The number of rotatable bonds is 6. The van der Waals surface area contributed by atoms with Gasteiger partial charge < -0.3 is 4.74 Å². The number of carbonyl (C=O) groups excluding carboxylic acids is 3. The van der Waals surface area contributed by atoms with Crippen molar-refractivity contribution in [3.63, 3.8) is 0 Å². The zero-order chi connectivity index (χ0) is 23.0. The monoisotopic (exact) mass is 469 g/mol. The molecule has 1 heterocycles. The summed E-state index contributed by atoms with van der Waals surface area (Å²) in [7, 11) is -3.61. The minimum Gasteiger partial charge on any atom is -0.438 e. The van der Waals surface area contributed by atoms with Crippen molar-refractivity contribution in [2.24, 2.45) is 5.41 Å². The summed E-state index contributed by atoms with van der Waals surface area (Å²) in [5, 5.41) is -0.920. The van der Waals surface area contributed by atoms with Gasteiger partial charge in [0.15, 0.2) is 6.79 Å². The summed E-state index contributed by atoms with van der Waals surface area (Å²) in [5.74, 6) is -1.47. The molecule has 2 aliphatic rings. The first-order valence-corrected chi connectivity index (χ1v) is 12.7. The molecule has 1 fully saturated rings. The van der Waals surface area contributed by atoms with E-state index < -0.39 is 42.6 Å². The number of imide groups is 1. The van der Waals surface area contributed by atoms with Gasteiger partial charge in [0.2, 0.25) is 7.37 Å². The summed E-state index contributed by atoms with van der Waals surface area (Å²) in [6, 6.07) is 4.55. The van der Waals surface area contributed by atoms with Crippen molar-refractivity contribution in [3.05, 3.63) is 34.3 Å². The maximum atomic E-state index is 14.2. The molecule has 1 aliphatic carbocycles.